The Morgan fingerprint density at radius 1 is 1.17 bits per heavy atom. The van der Waals surface area contributed by atoms with Gasteiger partial charge in [-0.2, -0.15) is 24.9 Å². The lowest BCUT2D eigenvalue weighted by molar-refractivity contribution is -0.153. The van der Waals surface area contributed by atoms with Crippen LogP contribution in [0.2, 0.25) is 0 Å². The number of hydrogen-bond acceptors (Lipinski definition) is 4. The summed E-state index contributed by atoms with van der Waals surface area (Å²) >= 11 is 1.96. The van der Waals surface area contributed by atoms with Crippen LogP contribution < -0.4 is 15.4 Å². The monoisotopic (exact) mass is 433 g/mol. The van der Waals surface area contributed by atoms with E-state index in [-0.39, 0.29) is 10.5 Å². The summed E-state index contributed by atoms with van der Waals surface area (Å²) in [7, 11) is 0. The number of ether oxygens (including phenoxy) is 2. The van der Waals surface area contributed by atoms with Crippen LogP contribution >= 0.6 is 11.8 Å². The van der Waals surface area contributed by atoms with Gasteiger partial charge in [-0.25, -0.2) is 4.99 Å². The molecule has 0 unspecified atom stereocenters. The molecule has 1 aromatic carbocycles. The zero-order valence-corrected chi connectivity index (χ0v) is 17.8. The van der Waals surface area contributed by atoms with Crippen LogP contribution in [-0.2, 0) is 11.3 Å². The molecule has 0 aromatic heterocycles. The maximum absolute atomic E-state index is 12.2. The van der Waals surface area contributed by atoms with Crippen LogP contribution in [0.1, 0.15) is 32.3 Å². The molecule has 2 N–H and O–H groups in total. The molecular formula is C20H30F3N3O2S. The second-order valence-electron chi connectivity index (χ2n) is 6.82. The summed E-state index contributed by atoms with van der Waals surface area (Å²) < 4.78 is 47.1. The van der Waals surface area contributed by atoms with Crippen LogP contribution in [0.25, 0.3) is 0 Å². The second-order valence-corrected chi connectivity index (χ2v) is 8.56. The smallest absolute Gasteiger partial charge is 0.422 e. The Balaban J connectivity index is 1.92. The molecule has 0 bridgehead atoms. The first-order valence-corrected chi connectivity index (χ1v) is 10.9. The average molecular weight is 434 g/mol. The molecule has 5 nitrogen and oxygen atoms in total. The number of thioether (sulfide) groups is 1. The summed E-state index contributed by atoms with van der Waals surface area (Å²) in [5.74, 6) is 1.98. The van der Waals surface area contributed by atoms with Gasteiger partial charge in [0.2, 0.25) is 0 Å². The lowest BCUT2D eigenvalue weighted by atomic mass is 9.99. The number of hydrogen-bond donors (Lipinski definition) is 2. The van der Waals surface area contributed by atoms with Crippen LogP contribution in [0.4, 0.5) is 13.2 Å². The molecule has 164 valence electrons. The predicted octanol–water partition coefficient (Wildman–Crippen LogP) is 3.99. The Kier molecular flexibility index (Phi) is 9.42. The van der Waals surface area contributed by atoms with Crippen molar-refractivity contribution >= 4 is 17.7 Å². The molecule has 0 radical (unpaired) electrons. The molecule has 0 amide bonds. The molecule has 0 atom stereocenters. The third kappa shape index (κ3) is 8.74. The van der Waals surface area contributed by atoms with Crippen LogP contribution in [0, 0.1) is 0 Å². The van der Waals surface area contributed by atoms with E-state index in [0.717, 1.165) is 56.4 Å². The molecule has 1 aliphatic rings. The first kappa shape index (κ1) is 23.7. The number of halogens is 3. The van der Waals surface area contributed by atoms with Gasteiger partial charge in [-0.1, -0.05) is 19.1 Å². The summed E-state index contributed by atoms with van der Waals surface area (Å²) in [6, 6.07) is 6.52. The van der Waals surface area contributed by atoms with Gasteiger partial charge in [-0.3, -0.25) is 0 Å². The first-order valence-electron chi connectivity index (χ1n) is 9.88. The Bertz CT molecular complexity index is 627. The lowest BCUT2D eigenvalue weighted by Gasteiger charge is -2.37. The third-order valence-electron chi connectivity index (χ3n) is 4.52. The van der Waals surface area contributed by atoms with E-state index in [0.29, 0.717) is 6.54 Å². The van der Waals surface area contributed by atoms with Crippen molar-refractivity contribution in [2.45, 2.75) is 44.2 Å². The molecule has 9 heteroatoms. The quantitative estimate of drug-likeness (QED) is 0.456. The average Bonchev–Trinajstić information content (AvgIpc) is 2.70. The summed E-state index contributed by atoms with van der Waals surface area (Å²) in [6.45, 7) is 6.43. The van der Waals surface area contributed by atoms with Crippen LogP contribution in [0.3, 0.4) is 0 Å². The number of nitrogens with one attached hydrogen (secondary N) is 2. The first-order chi connectivity index (χ1) is 13.9. The number of nitrogens with zero attached hydrogens (tertiary/aromatic N) is 1. The molecule has 29 heavy (non-hydrogen) atoms. The summed E-state index contributed by atoms with van der Waals surface area (Å²) in [4.78, 5) is 4.61. The van der Waals surface area contributed by atoms with E-state index in [1.54, 1.807) is 12.1 Å². The third-order valence-corrected chi connectivity index (χ3v) is 5.98. The van der Waals surface area contributed by atoms with Gasteiger partial charge in [0.25, 0.3) is 0 Å². The van der Waals surface area contributed by atoms with Crippen molar-refractivity contribution < 1.29 is 22.6 Å². The number of guanidine groups is 1. The van der Waals surface area contributed by atoms with Gasteiger partial charge in [0.05, 0.1) is 6.54 Å². The van der Waals surface area contributed by atoms with E-state index in [1.165, 1.54) is 12.1 Å². The number of benzene rings is 1. The predicted molar refractivity (Wildman–Crippen MR) is 112 cm³/mol. The van der Waals surface area contributed by atoms with Gasteiger partial charge in [-0.15, -0.1) is 0 Å². The normalized spacial score (nSPS) is 17.1. The standard InChI is InChI=1S/C20H30F3N3O2S/c1-3-24-18(26-14-19(29-4-2)9-11-27-12-10-19)25-13-16-5-7-17(8-6-16)28-15-20(21,22)23/h5-8H,3-4,9-15H2,1-2H3,(H2,24,25,26). The van der Waals surface area contributed by atoms with Crippen molar-refractivity contribution in [2.75, 3.05) is 38.7 Å². The fraction of sp³-hybridized carbons (Fsp3) is 0.650. The molecule has 0 aliphatic carbocycles. The highest BCUT2D eigenvalue weighted by atomic mass is 32.2. The number of alkyl halides is 3. The van der Waals surface area contributed by atoms with Gasteiger partial charge in [-0.05, 0) is 43.2 Å². The van der Waals surface area contributed by atoms with Gasteiger partial charge >= 0.3 is 6.18 Å². The highest BCUT2D eigenvalue weighted by Crippen LogP contribution is 2.34. The molecule has 1 aromatic rings. The van der Waals surface area contributed by atoms with Gasteiger partial charge < -0.3 is 20.1 Å². The van der Waals surface area contributed by atoms with Crippen LogP contribution in [-0.4, -0.2) is 55.5 Å². The molecule has 1 heterocycles. The van der Waals surface area contributed by atoms with Crippen molar-refractivity contribution in [3.63, 3.8) is 0 Å². The van der Waals surface area contributed by atoms with Crippen molar-refractivity contribution in [1.29, 1.82) is 0 Å². The Hall–Kier alpha value is -1.61. The van der Waals surface area contributed by atoms with E-state index in [4.69, 9.17) is 9.47 Å². The minimum Gasteiger partial charge on any atom is -0.484 e. The summed E-state index contributed by atoms with van der Waals surface area (Å²) in [5.41, 5.74) is 0.894. The fourth-order valence-electron chi connectivity index (χ4n) is 3.03. The zero-order valence-electron chi connectivity index (χ0n) is 17.0. The summed E-state index contributed by atoms with van der Waals surface area (Å²) in [6.07, 6.45) is -2.32. The van der Waals surface area contributed by atoms with Gasteiger partial charge in [0.1, 0.15) is 5.75 Å². The highest BCUT2D eigenvalue weighted by Gasteiger charge is 2.32. The second kappa shape index (κ2) is 11.5. The highest BCUT2D eigenvalue weighted by molar-refractivity contribution is 8.00. The van der Waals surface area contributed by atoms with Gasteiger partial charge in [0.15, 0.2) is 12.6 Å². The molecule has 1 aliphatic heterocycles. The Morgan fingerprint density at radius 2 is 1.86 bits per heavy atom. The zero-order chi connectivity index (χ0) is 21.2. The van der Waals surface area contributed by atoms with E-state index >= 15 is 0 Å². The van der Waals surface area contributed by atoms with E-state index in [9.17, 15) is 13.2 Å². The van der Waals surface area contributed by atoms with E-state index in [2.05, 4.69) is 22.5 Å². The Morgan fingerprint density at radius 3 is 2.45 bits per heavy atom. The largest absolute Gasteiger partial charge is 0.484 e. The van der Waals surface area contributed by atoms with Crippen LogP contribution in [0.15, 0.2) is 29.3 Å². The molecular weight excluding hydrogens is 403 g/mol. The van der Waals surface area contributed by atoms with Crippen molar-refractivity contribution in [3.05, 3.63) is 29.8 Å². The van der Waals surface area contributed by atoms with E-state index < -0.39 is 12.8 Å². The maximum Gasteiger partial charge on any atom is 0.422 e. The minimum absolute atomic E-state index is 0.153. The SMILES string of the molecule is CCNC(=NCc1ccc(OCC(F)(F)F)cc1)NCC1(SCC)CCOCC1. The maximum atomic E-state index is 12.2. The minimum atomic E-state index is -4.34. The molecule has 0 spiro atoms. The van der Waals surface area contributed by atoms with Crippen molar-refractivity contribution in [1.82, 2.24) is 10.6 Å². The van der Waals surface area contributed by atoms with Crippen LogP contribution in [0.5, 0.6) is 5.75 Å². The topological polar surface area (TPSA) is 54.9 Å². The number of aliphatic imine (C=N–C) groups is 1. The lowest BCUT2D eigenvalue weighted by Crippen LogP contribution is -2.48. The van der Waals surface area contributed by atoms with Crippen molar-refractivity contribution in [3.8, 4) is 5.75 Å². The number of rotatable bonds is 9. The molecule has 0 saturated carbocycles. The Labute approximate surface area is 174 Å². The fourth-order valence-corrected chi connectivity index (χ4v) is 4.28. The van der Waals surface area contributed by atoms with Gasteiger partial charge in [0, 0.05) is 31.1 Å². The summed E-state index contributed by atoms with van der Waals surface area (Å²) in [5, 5.41) is 6.70. The molecule has 1 saturated heterocycles. The molecule has 1 fully saturated rings. The van der Waals surface area contributed by atoms with E-state index in [1.807, 2.05) is 18.7 Å². The molecule has 2 rings (SSSR count). The van der Waals surface area contributed by atoms with Crippen molar-refractivity contribution in [2.24, 2.45) is 4.99 Å².